The average molecular weight is 185 g/mol. The largest absolute Gasteiger partial charge is 0.493 e. The predicted molar refractivity (Wildman–Crippen MR) is 51.6 cm³/mol. The van der Waals surface area contributed by atoms with Crippen molar-refractivity contribution in [1.82, 2.24) is 4.98 Å². The summed E-state index contributed by atoms with van der Waals surface area (Å²) in [5.74, 6) is 0.0474. The van der Waals surface area contributed by atoms with E-state index in [1.54, 1.807) is 0 Å². The van der Waals surface area contributed by atoms with Gasteiger partial charge in [-0.15, -0.1) is 12.4 Å². The molecule has 0 aliphatic carbocycles. The fourth-order valence-electron chi connectivity index (χ4n) is 1.15. The lowest BCUT2D eigenvalue weighted by Gasteiger charge is -1.87. The van der Waals surface area contributed by atoms with Gasteiger partial charge in [-0.1, -0.05) is 18.2 Å². The highest BCUT2D eigenvalue weighted by Gasteiger charge is 2.04. The number of nitrogen functional groups attached to an aromatic ring is 1. The molecule has 0 fully saturated rings. The molecule has 2 aromatic rings. The normalized spacial score (nSPS) is 9.67. The van der Waals surface area contributed by atoms with Crippen molar-refractivity contribution >= 4 is 29.0 Å². The SMILES string of the molecule is Cl.Nc1c(O)[nH]c2ccccc12. The van der Waals surface area contributed by atoms with Gasteiger partial charge in [-0.3, -0.25) is 0 Å². The Morgan fingerprint density at radius 3 is 2.58 bits per heavy atom. The molecule has 2 rings (SSSR count). The summed E-state index contributed by atoms with van der Waals surface area (Å²) >= 11 is 0. The summed E-state index contributed by atoms with van der Waals surface area (Å²) in [5.41, 5.74) is 6.84. The molecule has 0 saturated heterocycles. The number of para-hydroxylation sites is 1. The van der Waals surface area contributed by atoms with Crippen molar-refractivity contribution < 1.29 is 5.11 Å². The van der Waals surface area contributed by atoms with E-state index < -0.39 is 0 Å². The summed E-state index contributed by atoms with van der Waals surface area (Å²) in [6, 6.07) is 7.50. The Bertz CT molecular complexity index is 397. The number of aromatic amines is 1. The smallest absolute Gasteiger partial charge is 0.213 e. The molecule has 64 valence electrons. The number of hydrogen-bond donors (Lipinski definition) is 3. The van der Waals surface area contributed by atoms with E-state index in [4.69, 9.17) is 10.8 Å². The average Bonchev–Trinajstić information content (AvgIpc) is 2.30. The highest BCUT2D eigenvalue weighted by Crippen LogP contribution is 2.28. The number of rotatable bonds is 0. The molecular weight excluding hydrogens is 176 g/mol. The Balaban J connectivity index is 0.000000720. The van der Waals surface area contributed by atoms with E-state index in [1.165, 1.54) is 0 Å². The van der Waals surface area contributed by atoms with Gasteiger partial charge >= 0.3 is 0 Å². The van der Waals surface area contributed by atoms with Crippen LogP contribution in [0.1, 0.15) is 0 Å². The van der Waals surface area contributed by atoms with E-state index in [0.717, 1.165) is 10.9 Å². The summed E-state index contributed by atoms with van der Waals surface area (Å²) in [5, 5.41) is 10.0. The van der Waals surface area contributed by atoms with Crippen LogP contribution in [0.4, 0.5) is 5.69 Å². The molecule has 12 heavy (non-hydrogen) atoms. The number of nitrogens with one attached hydrogen (secondary N) is 1. The van der Waals surface area contributed by atoms with E-state index in [1.807, 2.05) is 24.3 Å². The summed E-state index contributed by atoms with van der Waals surface area (Å²) in [6.45, 7) is 0. The predicted octanol–water partition coefficient (Wildman–Crippen LogP) is 1.88. The molecule has 4 N–H and O–H groups in total. The lowest BCUT2D eigenvalue weighted by Crippen LogP contribution is -1.80. The monoisotopic (exact) mass is 184 g/mol. The third-order valence-corrected chi connectivity index (χ3v) is 1.73. The first kappa shape index (κ1) is 8.74. The molecule has 0 unspecified atom stereocenters. The van der Waals surface area contributed by atoms with E-state index in [-0.39, 0.29) is 18.3 Å². The first-order chi connectivity index (χ1) is 5.29. The Morgan fingerprint density at radius 1 is 1.25 bits per heavy atom. The van der Waals surface area contributed by atoms with Crippen LogP contribution in [0.15, 0.2) is 24.3 Å². The maximum atomic E-state index is 9.16. The number of fused-ring (bicyclic) bond motifs is 1. The zero-order valence-corrected chi connectivity index (χ0v) is 7.06. The van der Waals surface area contributed by atoms with E-state index >= 15 is 0 Å². The van der Waals surface area contributed by atoms with Crippen molar-refractivity contribution in [1.29, 1.82) is 0 Å². The van der Waals surface area contributed by atoms with Crippen LogP contribution in [0.25, 0.3) is 10.9 Å². The standard InChI is InChI=1S/C8H8N2O.ClH/c9-7-5-3-1-2-4-6(5)10-8(7)11;/h1-4,10-11H,9H2;1H. The first-order valence-corrected chi connectivity index (χ1v) is 3.34. The Hall–Kier alpha value is -1.35. The van der Waals surface area contributed by atoms with Crippen LogP contribution >= 0.6 is 12.4 Å². The molecule has 0 aliphatic rings. The minimum absolute atomic E-state index is 0. The second-order valence-corrected chi connectivity index (χ2v) is 2.43. The van der Waals surface area contributed by atoms with Crippen LogP contribution in [-0.2, 0) is 0 Å². The number of H-pyrrole nitrogens is 1. The molecule has 0 aliphatic heterocycles. The molecule has 0 radical (unpaired) electrons. The van der Waals surface area contributed by atoms with Gasteiger partial charge < -0.3 is 15.8 Å². The number of aromatic hydroxyl groups is 1. The minimum atomic E-state index is 0. The van der Waals surface area contributed by atoms with Crippen molar-refractivity contribution in [3.05, 3.63) is 24.3 Å². The molecule has 1 heterocycles. The number of aromatic nitrogens is 1. The Labute approximate surface area is 75.6 Å². The number of nitrogens with two attached hydrogens (primary N) is 1. The number of benzene rings is 1. The van der Waals surface area contributed by atoms with Crippen LogP contribution in [0.2, 0.25) is 0 Å². The second-order valence-electron chi connectivity index (χ2n) is 2.43. The fourth-order valence-corrected chi connectivity index (χ4v) is 1.15. The molecular formula is C8H9ClN2O. The summed E-state index contributed by atoms with van der Waals surface area (Å²) in [6.07, 6.45) is 0. The quantitative estimate of drug-likeness (QED) is 0.586. The van der Waals surface area contributed by atoms with Crippen molar-refractivity contribution in [3.8, 4) is 5.88 Å². The molecule has 4 heteroatoms. The summed E-state index contributed by atoms with van der Waals surface area (Å²) in [4.78, 5) is 2.76. The van der Waals surface area contributed by atoms with Crippen LogP contribution in [0, 0.1) is 0 Å². The highest BCUT2D eigenvalue weighted by atomic mass is 35.5. The van der Waals surface area contributed by atoms with Gasteiger partial charge in [0.15, 0.2) is 0 Å². The van der Waals surface area contributed by atoms with Crippen LogP contribution in [-0.4, -0.2) is 10.1 Å². The van der Waals surface area contributed by atoms with Gasteiger partial charge in [0.2, 0.25) is 5.88 Å². The maximum absolute atomic E-state index is 9.16. The molecule has 0 atom stereocenters. The van der Waals surface area contributed by atoms with Gasteiger partial charge in [0.05, 0.1) is 5.52 Å². The van der Waals surface area contributed by atoms with E-state index in [0.29, 0.717) is 5.69 Å². The molecule has 0 amide bonds. The van der Waals surface area contributed by atoms with Gasteiger partial charge in [-0.25, -0.2) is 0 Å². The van der Waals surface area contributed by atoms with Gasteiger partial charge in [0.25, 0.3) is 0 Å². The van der Waals surface area contributed by atoms with Gasteiger partial charge in [-0.2, -0.15) is 0 Å². The Kier molecular flexibility index (Phi) is 2.15. The molecule has 0 saturated carbocycles. The van der Waals surface area contributed by atoms with Crippen molar-refractivity contribution in [2.24, 2.45) is 0 Å². The van der Waals surface area contributed by atoms with Crippen LogP contribution in [0.3, 0.4) is 0 Å². The second kappa shape index (κ2) is 2.95. The topological polar surface area (TPSA) is 62.0 Å². The zero-order chi connectivity index (χ0) is 7.84. The van der Waals surface area contributed by atoms with E-state index in [9.17, 15) is 0 Å². The maximum Gasteiger partial charge on any atom is 0.213 e. The molecule has 3 nitrogen and oxygen atoms in total. The van der Waals surface area contributed by atoms with E-state index in [2.05, 4.69) is 4.98 Å². The molecule has 0 bridgehead atoms. The van der Waals surface area contributed by atoms with Gasteiger partial charge in [-0.05, 0) is 6.07 Å². The lowest BCUT2D eigenvalue weighted by atomic mass is 10.2. The summed E-state index contributed by atoms with van der Waals surface area (Å²) < 4.78 is 0. The molecule has 1 aromatic heterocycles. The molecule has 0 spiro atoms. The highest BCUT2D eigenvalue weighted by molar-refractivity contribution is 5.94. The van der Waals surface area contributed by atoms with Gasteiger partial charge in [0.1, 0.15) is 5.69 Å². The van der Waals surface area contributed by atoms with Crippen molar-refractivity contribution in [2.75, 3.05) is 5.73 Å². The van der Waals surface area contributed by atoms with Crippen molar-refractivity contribution in [2.45, 2.75) is 0 Å². The first-order valence-electron chi connectivity index (χ1n) is 3.34. The third kappa shape index (κ3) is 1.08. The lowest BCUT2D eigenvalue weighted by molar-refractivity contribution is 0.461. The summed E-state index contributed by atoms with van der Waals surface area (Å²) in [7, 11) is 0. The number of halogens is 1. The van der Waals surface area contributed by atoms with Crippen molar-refractivity contribution in [3.63, 3.8) is 0 Å². The zero-order valence-electron chi connectivity index (χ0n) is 6.24. The Morgan fingerprint density at radius 2 is 1.92 bits per heavy atom. The fraction of sp³-hybridized carbons (Fsp3) is 0. The van der Waals surface area contributed by atoms with Gasteiger partial charge in [0, 0.05) is 5.39 Å². The third-order valence-electron chi connectivity index (χ3n) is 1.73. The van der Waals surface area contributed by atoms with Crippen LogP contribution < -0.4 is 5.73 Å². The number of anilines is 1. The molecule has 1 aromatic carbocycles. The number of hydrogen-bond acceptors (Lipinski definition) is 2. The van der Waals surface area contributed by atoms with Crippen LogP contribution in [0.5, 0.6) is 5.88 Å². The minimum Gasteiger partial charge on any atom is -0.493 e.